The fourth-order valence-corrected chi connectivity index (χ4v) is 5.38. The standard InChI is InChI=1S/C30H40N4O3/c1-4-6-10-24-13-15-25(16-14-24)28(36)32-19-17-30(18-20-32)29(37)33(21-27(35)31-23(3)5-2)22-34(30)26-11-8-7-9-12-26/h7-9,11-16,23H,4-6,10,17-22H2,1-3H3,(H,31,35). The summed E-state index contributed by atoms with van der Waals surface area (Å²) in [4.78, 5) is 45.4. The highest BCUT2D eigenvalue weighted by molar-refractivity contribution is 5.97. The van der Waals surface area contributed by atoms with Gasteiger partial charge in [0.1, 0.15) is 12.1 Å². The van der Waals surface area contributed by atoms with Gasteiger partial charge in [-0.3, -0.25) is 14.4 Å². The number of rotatable bonds is 9. The summed E-state index contributed by atoms with van der Waals surface area (Å²) < 4.78 is 0. The third kappa shape index (κ3) is 5.81. The lowest BCUT2D eigenvalue weighted by Gasteiger charge is -2.43. The highest BCUT2D eigenvalue weighted by Gasteiger charge is 2.54. The SMILES string of the molecule is CCCCc1ccc(C(=O)N2CCC3(CC2)C(=O)N(CC(=O)NC(C)CC)CN3c2ccccc2)cc1. The Bertz CT molecular complexity index is 1080. The largest absolute Gasteiger partial charge is 0.352 e. The lowest BCUT2D eigenvalue weighted by molar-refractivity contribution is -0.137. The zero-order valence-electron chi connectivity index (χ0n) is 22.4. The summed E-state index contributed by atoms with van der Waals surface area (Å²) >= 11 is 0. The molecule has 198 valence electrons. The number of carbonyl (C=O) groups excluding carboxylic acids is 3. The molecule has 3 amide bonds. The van der Waals surface area contributed by atoms with Gasteiger partial charge < -0.3 is 20.0 Å². The van der Waals surface area contributed by atoms with E-state index in [9.17, 15) is 14.4 Å². The summed E-state index contributed by atoms with van der Waals surface area (Å²) in [5, 5.41) is 2.97. The van der Waals surface area contributed by atoms with Crippen LogP contribution >= 0.6 is 0 Å². The van der Waals surface area contributed by atoms with Gasteiger partial charge in [0.05, 0.1) is 6.67 Å². The van der Waals surface area contributed by atoms with E-state index in [2.05, 4.69) is 17.1 Å². The van der Waals surface area contributed by atoms with Gasteiger partial charge in [-0.25, -0.2) is 0 Å². The van der Waals surface area contributed by atoms with Crippen LogP contribution in [0.25, 0.3) is 0 Å². The molecule has 1 spiro atoms. The van der Waals surface area contributed by atoms with Crippen LogP contribution in [0.3, 0.4) is 0 Å². The second-order valence-electron chi connectivity index (χ2n) is 10.4. The number of hydrogen-bond acceptors (Lipinski definition) is 4. The second-order valence-corrected chi connectivity index (χ2v) is 10.4. The zero-order valence-corrected chi connectivity index (χ0v) is 22.4. The Balaban J connectivity index is 1.48. The highest BCUT2D eigenvalue weighted by Crippen LogP contribution is 2.39. The number of para-hydroxylation sites is 1. The molecule has 0 saturated carbocycles. The molecular weight excluding hydrogens is 464 g/mol. The normalized spacial score (nSPS) is 17.8. The van der Waals surface area contributed by atoms with Gasteiger partial charge in [-0.1, -0.05) is 50.6 Å². The van der Waals surface area contributed by atoms with Crippen molar-refractivity contribution in [2.75, 3.05) is 31.2 Å². The Morgan fingerprint density at radius 3 is 2.30 bits per heavy atom. The minimum absolute atomic E-state index is 0.0124. The number of nitrogens with one attached hydrogen (secondary N) is 1. The number of piperidine rings is 1. The summed E-state index contributed by atoms with van der Waals surface area (Å²) in [6, 6.07) is 17.9. The van der Waals surface area contributed by atoms with E-state index in [0.717, 1.165) is 31.4 Å². The molecular formula is C30H40N4O3. The maximum absolute atomic E-state index is 13.8. The molecule has 37 heavy (non-hydrogen) atoms. The second kappa shape index (κ2) is 11.8. The van der Waals surface area contributed by atoms with Crippen LogP contribution in [0.15, 0.2) is 54.6 Å². The Kier molecular flexibility index (Phi) is 8.52. The molecule has 7 heteroatoms. The van der Waals surface area contributed by atoms with Gasteiger partial charge in [-0.05, 0) is 68.9 Å². The van der Waals surface area contributed by atoms with Crippen molar-refractivity contribution in [1.29, 1.82) is 0 Å². The van der Waals surface area contributed by atoms with Gasteiger partial charge in [0, 0.05) is 30.4 Å². The molecule has 2 aromatic carbocycles. The van der Waals surface area contributed by atoms with Crippen LogP contribution in [0.4, 0.5) is 5.69 Å². The Morgan fingerprint density at radius 2 is 1.68 bits per heavy atom. The van der Waals surface area contributed by atoms with Crippen molar-refractivity contribution in [2.24, 2.45) is 0 Å². The number of unbranched alkanes of at least 4 members (excludes halogenated alkanes) is 1. The van der Waals surface area contributed by atoms with Crippen LogP contribution < -0.4 is 10.2 Å². The number of hydrogen-bond donors (Lipinski definition) is 1. The fourth-order valence-electron chi connectivity index (χ4n) is 5.38. The quantitative estimate of drug-likeness (QED) is 0.555. The van der Waals surface area contributed by atoms with E-state index < -0.39 is 5.54 Å². The van der Waals surface area contributed by atoms with Gasteiger partial charge in [-0.15, -0.1) is 0 Å². The first-order valence-electron chi connectivity index (χ1n) is 13.7. The van der Waals surface area contributed by atoms with Gasteiger partial charge in [0.2, 0.25) is 5.91 Å². The molecule has 2 saturated heterocycles. The molecule has 4 rings (SSSR count). The first kappa shape index (κ1) is 26.7. The zero-order chi connectivity index (χ0) is 26.4. The van der Waals surface area contributed by atoms with Crippen molar-refractivity contribution >= 4 is 23.4 Å². The summed E-state index contributed by atoms with van der Waals surface area (Å²) in [7, 11) is 0. The fraction of sp³-hybridized carbons (Fsp3) is 0.500. The number of anilines is 1. The Hall–Kier alpha value is -3.35. The number of amides is 3. The van der Waals surface area contributed by atoms with Crippen LogP contribution in [0, 0.1) is 0 Å². The van der Waals surface area contributed by atoms with Crippen LogP contribution in [0.2, 0.25) is 0 Å². The average Bonchev–Trinajstić information content (AvgIpc) is 3.18. The van der Waals surface area contributed by atoms with Crippen LogP contribution in [0.1, 0.15) is 68.8 Å². The number of benzene rings is 2. The number of carbonyl (C=O) groups is 3. The smallest absolute Gasteiger partial charge is 0.253 e. The third-order valence-electron chi connectivity index (χ3n) is 7.83. The molecule has 1 N–H and O–H groups in total. The van der Waals surface area contributed by atoms with E-state index >= 15 is 0 Å². The van der Waals surface area contributed by atoms with E-state index in [1.54, 1.807) is 4.90 Å². The van der Waals surface area contributed by atoms with Crippen LogP contribution in [-0.4, -0.2) is 65.4 Å². The molecule has 0 aliphatic carbocycles. The lowest BCUT2D eigenvalue weighted by atomic mass is 9.85. The molecule has 0 radical (unpaired) electrons. The molecule has 0 aromatic heterocycles. The highest BCUT2D eigenvalue weighted by atomic mass is 16.2. The lowest BCUT2D eigenvalue weighted by Crippen LogP contribution is -2.57. The summed E-state index contributed by atoms with van der Waals surface area (Å²) in [5.41, 5.74) is 2.16. The monoisotopic (exact) mass is 504 g/mol. The molecule has 2 aliphatic rings. The first-order valence-corrected chi connectivity index (χ1v) is 13.7. The topological polar surface area (TPSA) is 73.0 Å². The van der Waals surface area contributed by atoms with Gasteiger partial charge in [0.25, 0.3) is 11.8 Å². The Morgan fingerprint density at radius 1 is 1.00 bits per heavy atom. The number of aryl methyl sites for hydroxylation is 1. The average molecular weight is 505 g/mol. The van der Waals surface area contributed by atoms with E-state index in [0.29, 0.717) is 38.2 Å². The van der Waals surface area contributed by atoms with Crippen molar-refractivity contribution in [3.63, 3.8) is 0 Å². The van der Waals surface area contributed by atoms with Gasteiger partial charge in [0.15, 0.2) is 0 Å². The third-order valence-corrected chi connectivity index (χ3v) is 7.83. The molecule has 2 fully saturated rings. The molecule has 1 atom stereocenters. The molecule has 7 nitrogen and oxygen atoms in total. The molecule has 1 unspecified atom stereocenters. The van der Waals surface area contributed by atoms with E-state index in [1.165, 1.54) is 5.56 Å². The van der Waals surface area contributed by atoms with Crippen molar-refractivity contribution in [1.82, 2.24) is 15.1 Å². The van der Waals surface area contributed by atoms with Crippen LogP contribution in [-0.2, 0) is 16.0 Å². The maximum Gasteiger partial charge on any atom is 0.253 e. The minimum atomic E-state index is -0.751. The predicted octanol–water partition coefficient (Wildman–Crippen LogP) is 4.23. The summed E-state index contributed by atoms with van der Waals surface area (Å²) in [6.07, 6.45) is 5.22. The van der Waals surface area contributed by atoms with E-state index in [1.807, 2.05) is 73.3 Å². The van der Waals surface area contributed by atoms with Crippen molar-refractivity contribution in [3.05, 3.63) is 65.7 Å². The maximum atomic E-state index is 13.8. The molecule has 2 heterocycles. The Labute approximate surface area is 220 Å². The van der Waals surface area contributed by atoms with Gasteiger partial charge >= 0.3 is 0 Å². The van der Waals surface area contributed by atoms with E-state index in [-0.39, 0.29) is 30.3 Å². The van der Waals surface area contributed by atoms with Gasteiger partial charge in [-0.2, -0.15) is 0 Å². The molecule has 2 aromatic rings. The molecule has 2 aliphatic heterocycles. The summed E-state index contributed by atoms with van der Waals surface area (Å²) in [6.45, 7) is 7.57. The first-order chi connectivity index (χ1) is 17.9. The number of likely N-dealkylation sites (tertiary alicyclic amines) is 1. The number of nitrogens with zero attached hydrogens (tertiary/aromatic N) is 3. The van der Waals surface area contributed by atoms with Crippen molar-refractivity contribution in [3.8, 4) is 0 Å². The minimum Gasteiger partial charge on any atom is -0.352 e. The van der Waals surface area contributed by atoms with Crippen molar-refractivity contribution in [2.45, 2.75) is 70.9 Å². The predicted molar refractivity (Wildman–Crippen MR) is 146 cm³/mol. The summed E-state index contributed by atoms with van der Waals surface area (Å²) in [5.74, 6) is -0.149. The van der Waals surface area contributed by atoms with E-state index in [4.69, 9.17) is 0 Å². The van der Waals surface area contributed by atoms with Crippen LogP contribution in [0.5, 0.6) is 0 Å². The molecule has 0 bridgehead atoms. The van der Waals surface area contributed by atoms with Crippen molar-refractivity contribution < 1.29 is 14.4 Å².